The van der Waals surface area contributed by atoms with E-state index in [1.807, 2.05) is 6.07 Å². The highest BCUT2D eigenvalue weighted by Crippen LogP contribution is 2.27. The molecule has 0 saturated heterocycles. The quantitative estimate of drug-likeness (QED) is 0.696. The zero-order valence-corrected chi connectivity index (χ0v) is 11.5. The zero-order chi connectivity index (χ0) is 14.8. The van der Waals surface area contributed by atoms with Gasteiger partial charge in [-0.25, -0.2) is 9.07 Å². The molecule has 0 aliphatic heterocycles. The molecule has 0 amide bonds. The van der Waals surface area contributed by atoms with Gasteiger partial charge in [0.15, 0.2) is 5.69 Å². The lowest BCUT2D eigenvalue weighted by Gasteiger charge is -2.08. The molecular weight excluding hydrogens is 293 g/mol. The van der Waals surface area contributed by atoms with Gasteiger partial charge in [-0.3, -0.25) is 4.79 Å². The molecule has 1 aromatic heterocycles. The summed E-state index contributed by atoms with van der Waals surface area (Å²) >= 11 is 5.55. The summed E-state index contributed by atoms with van der Waals surface area (Å²) < 4.78 is 15.3. The molecule has 0 aliphatic carbocycles. The van der Waals surface area contributed by atoms with Gasteiger partial charge in [-0.15, -0.1) is 5.10 Å². The van der Waals surface area contributed by atoms with Gasteiger partial charge in [0.05, 0.1) is 0 Å². The van der Waals surface area contributed by atoms with E-state index in [0.29, 0.717) is 11.3 Å². The van der Waals surface area contributed by atoms with Crippen molar-refractivity contribution in [3.05, 3.63) is 66.1 Å². The smallest absolute Gasteiger partial charge is 0.274 e. The third kappa shape index (κ3) is 2.43. The van der Waals surface area contributed by atoms with Crippen LogP contribution in [0.15, 0.2) is 54.6 Å². The number of carbonyl (C=O) groups excluding carboxylic acids is 1. The second kappa shape index (κ2) is 5.46. The third-order valence-electron chi connectivity index (χ3n) is 2.98. The monoisotopic (exact) mass is 301 g/mol. The Balaban J connectivity index is 2.28. The summed E-state index contributed by atoms with van der Waals surface area (Å²) in [5, 5.41) is 6.90. The van der Waals surface area contributed by atoms with Crippen molar-refractivity contribution in [1.82, 2.24) is 15.0 Å². The average molecular weight is 302 g/mol. The Hall–Kier alpha value is -2.53. The lowest BCUT2D eigenvalue weighted by atomic mass is 10.1. The number of hydrogen-bond donors (Lipinski definition) is 0. The number of carbonyl (C=O) groups is 1. The van der Waals surface area contributed by atoms with Crippen LogP contribution in [0.4, 0.5) is 4.39 Å². The molecule has 104 valence electrons. The molecule has 3 rings (SSSR count). The van der Waals surface area contributed by atoms with Gasteiger partial charge < -0.3 is 0 Å². The maximum Gasteiger partial charge on any atom is 0.275 e. The molecule has 2 aromatic carbocycles. The number of hydrogen-bond acceptors (Lipinski definition) is 3. The van der Waals surface area contributed by atoms with E-state index in [0.717, 1.165) is 0 Å². The first-order valence-corrected chi connectivity index (χ1v) is 6.52. The largest absolute Gasteiger partial charge is 0.275 e. The number of halogens is 2. The Kier molecular flexibility index (Phi) is 3.50. The molecule has 21 heavy (non-hydrogen) atoms. The lowest BCUT2D eigenvalue weighted by molar-refractivity contribution is 0.107. The summed E-state index contributed by atoms with van der Waals surface area (Å²) in [4.78, 5) is 11.5. The van der Waals surface area contributed by atoms with Gasteiger partial charge in [0.2, 0.25) is 0 Å². The van der Waals surface area contributed by atoms with Crippen molar-refractivity contribution >= 4 is 16.8 Å². The van der Waals surface area contributed by atoms with Crippen LogP contribution in [-0.2, 0) is 0 Å². The van der Waals surface area contributed by atoms with Gasteiger partial charge in [-0.1, -0.05) is 47.7 Å². The van der Waals surface area contributed by atoms with E-state index in [1.54, 1.807) is 42.5 Å². The van der Waals surface area contributed by atoms with Crippen molar-refractivity contribution in [2.45, 2.75) is 0 Å². The molecule has 0 N–H and O–H groups in total. The summed E-state index contributed by atoms with van der Waals surface area (Å²) in [5.41, 5.74) is 1.23. The van der Waals surface area contributed by atoms with Gasteiger partial charge in [0.1, 0.15) is 17.2 Å². The Morgan fingerprint density at radius 1 is 1.05 bits per heavy atom. The summed E-state index contributed by atoms with van der Waals surface area (Å²) in [7, 11) is 0. The predicted octanol–water partition coefficient (Wildman–Crippen LogP) is 3.45. The van der Waals surface area contributed by atoms with Crippen molar-refractivity contribution < 1.29 is 9.18 Å². The van der Waals surface area contributed by atoms with E-state index in [2.05, 4.69) is 10.3 Å². The second-order valence-electron chi connectivity index (χ2n) is 4.29. The summed E-state index contributed by atoms with van der Waals surface area (Å²) in [6.45, 7) is 0. The van der Waals surface area contributed by atoms with Crippen LogP contribution in [0.3, 0.4) is 0 Å². The van der Waals surface area contributed by atoms with Crippen molar-refractivity contribution in [3.8, 4) is 16.9 Å². The van der Waals surface area contributed by atoms with Crippen LogP contribution in [0.1, 0.15) is 10.5 Å². The third-order valence-corrected chi connectivity index (χ3v) is 3.16. The summed E-state index contributed by atoms with van der Waals surface area (Å²) in [6, 6.07) is 15.1. The lowest BCUT2D eigenvalue weighted by Crippen LogP contribution is -2.03. The first-order chi connectivity index (χ1) is 10.2. The highest BCUT2D eigenvalue weighted by Gasteiger charge is 2.21. The molecule has 1 heterocycles. The number of benzene rings is 2. The molecule has 0 unspecified atom stereocenters. The number of nitrogens with zero attached hydrogens (tertiary/aromatic N) is 3. The maximum atomic E-state index is 14.0. The molecule has 4 nitrogen and oxygen atoms in total. The molecule has 6 heteroatoms. The fourth-order valence-electron chi connectivity index (χ4n) is 2.06. The number of rotatable bonds is 3. The Labute approximate surface area is 124 Å². The molecule has 0 aliphatic rings. The van der Waals surface area contributed by atoms with E-state index in [4.69, 9.17) is 11.6 Å². The molecule has 0 saturated carbocycles. The Bertz CT molecular complexity index is 802. The SMILES string of the molecule is O=C(Cl)c1nnn(-c2ccccc2F)c1-c1ccccc1. The van der Waals surface area contributed by atoms with E-state index < -0.39 is 11.1 Å². The van der Waals surface area contributed by atoms with Crippen LogP contribution >= 0.6 is 11.6 Å². The van der Waals surface area contributed by atoms with Crippen LogP contribution in [0.2, 0.25) is 0 Å². The highest BCUT2D eigenvalue weighted by atomic mass is 35.5. The van der Waals surface area contributed by atoms with Crippen LogP contribution < -0.4 is 0 Å². The molecule has 0 atom stereocenters. The minimum Gasteiger partial charge on any atom is -0.274 e. The molecule has 0 bridgehead atoms. The van der Waals surface area contributed by atoms with Crippen LogP contribution in [0, 0.1) is 5.82 Å². The first kappa shape index (κ1) is 13.5. The van der Waals surface area contributed by atoms with Crippen molar-refractivity contribution in [2.24, 2.45) is 0 Å². The average Bonchev–Trinajstić information content (AvgIpc) is 2.93. The molecule has 0 fully saturated rings. The van der Waals surface area contributed by atoms with Crippen molar-refractivity contribution in [3.63, 3.8) is 0 Å². The highest BCUT2D eigenvalue weighted by molar-refractivity contribution is 6.67. The van der Waals surface area contributed by atoms with E-state index in [9.17, 15) is 9.18 Å². The zero-order valence-electron chi connectivity index (χ0n) is 10.7. The first-order valence-electron chi connectivity index (χ1n) is 6.14. The van der Waals surface area contributed by atoms with Crippen LogP contribution in [-0.4, -0.2) is 20.2 Å². The molecule has 0 radical (unpaired) electrons. The maximum absolute atomic E-state index is 14.0. The Morgan fingerprint density at radius 3 is 2.38 bits per heavy atom. The van der Waals surface area contributed by atoms with E-state index >= 15 is 0 Å². The topological polar surface area (TPSA) is 47.8 Å². The van der Waals surface area contributed by atoms with E-state index in [1.165, 1.54) is 10.7 Å². The van der Waals surface area contributed by atoms with Crippen LogP contribution in [0.25, 0.3) is 16.9 Å². The fourth-order valence-corrected chi connectivity index (χ4v) is 2.19. The van der Waals surface area contributed by atoms with Gasteiger partial charge in [-0.2, -0.15) is 0 Å². The summed E-state index contributed by atoms with van der Waals surface area (Å²) in [5.74, 6) is -0.465. The fraction of sp³-hybridized carbons (Fsp3) is 0. The van der Waals surface area contributed by atoms with Gasteiger partial charge in [-0.05, 0) is 23.7 Å². The minimum atomic E-state index is -0.739. The molecule has 0 spiro atoms. The minimum absolute atomic E-state index is 0.00822. The van der Waals surface area contributed by atoms with Crippen molar-refractivity contribution in [2.75, 3.05) is 0 Å². The normalized spacial score (nSPS) is 10.6. The Morgan fingerprint density at radius 2 is 1.71 bits per heavy atom. The standard InChI is InChI=1S/C15H9ClFN3O/c16-15(21)13-14(10-6-2-1-3-7-10)20(19-18-13)12-9-5-4-8-11(12)17/h1-9H. The van der Waals surface area contributed by atoms with Gasteiger partial charge >= 0.3 is 0 Å². The van der Waals surface area contributed by atoms with E-state index in [-0.39, 0.29) is 11.4 Å². The number of para-hydroxylation sites is 1. The second-order valence-corrected chi connectivity index (χ2v) is 4.63. The van der Waals surface area contributed by atoms with Crippen LogP contribution in [0.5, 0.6) is 0 Å². The molecule has 3 aromatic rings. The van der Waals surface area contributed by atoms with Crippen molar-refractivity contribution in [1.29, 1.82) is 0 Å². The molecular formula is C15H9ClFN3O. The van der Waals surface area contributed by atoms with Gasteiger partial charge in [0, 0.05) is 5.56 Å². The summed E-state index contributed by atoms with van der Waals surface area (Å²) in [6.07, 6.45) is 0. The number of aromatic nitrogens is 3. The van der Waals surface area contributed by atoms with Gasteiger partial charge in [0.25, 0.3) is 5.24 Å². The predicted molar refractivity (Wildman–Crippen MR) is 76.9 cm³/mol.